The van der Waals surface area contributed by atoms with Gasteiger partial charge in [-0.25, -0.2) is 0 Å². The SMILES string of the molecule is CC(C)(C)OC(=O)CN1C[C@@H](c2ccsc2)SC[C@H](N)C1=O. The van der Waals surface area contributed by atoms with E-state index in [0.717, 1.165) is 0 Å². The molecule has 1 aromatic rings. The summed E-state index contributed by atoms with van der Waals surface area (Å²) in [7, 11) is 0. The van der Waals surface area contributed by atoms with Crippen LogP contribution in [0, 0.1) is 0 Å². The molecule has 2 N–H and O–H groups in total. The molecule has 22 heavy (non-hydrogen) atoms. The maximum Gasteiger partial charge on any atom is 0.326 e. The third-order valence-electron chi connectivity index (χ3n) is 3.15. The second kappa shape index (κ2) is 7.02. The zero-order valence-corrected chi connectivity index (χ0v) is 14.7. The third kappa shape index (κ3) is 4.72. The van der Waals surface area contributed by atoms with Crippen molar-refractivity contribution in [3.05, 3.63) is 22.4 Å². The van der Waals surface area contributed by atoms with Crippen molar-refractivity contribution in [1.82, 2.24) is 4.90 Å². The summed E-state index contributed by atoms with van der Waals surface area (Å²) < 4.78 is 5.31. The monoisotopic (exact) mass is 342 g/mol. The van der Waals surface area contributed by atoms with Crippen molar-refractivity contribution in [3.8, 4) is 0 Å². The van der Waals surface area contributed by atoms with Crippen molar-refractivity contribution in [2.75, 3.05) is 18.8 Å². The molecule has 0 unspecified atom stereocenters. The van der Waals surface area contributed by atoms with Gasteiger partial charge in [-0.05, 0) is 43.2 Å². The van der Waals surface area contributed by atoms with Gasteiger partial charge in [0.15, 0.2) is 0 Å². The Bertz CT molecular complexity index is 525. The van der Waals surface area contributed by atoms with Gasteiger partial charge in [-0.2, -0.15) is 11.3 Å². The van der Waals surface area contributed by atoms with Gasteiger partial charge in [-0.1, -0.05) is 0 Å². The number of carbonyl (C=O) groups excluding carboxylic acids is 2. The minimum Gasteiger partial charge on any atom is -0.459 e. The summed E-state index contributed by atoms with van der Waals surface area (Å²) in [5.41, 5.74) is 6.54. The van der Waals surface area contributed by atoms with E-state index in [0.29, 0.717) is 12.3 Å². The Balaban J connectivity index is 2.08. The van der Waals surface area contributed by atoms with Gasteiger partial charge in [0, 0.05) is 17.5 Å². The van der Waals surface area contributed by atoms with Crippen LogP contribution in [0.4, 0.5) is 0 Å². The normalized spacial score (nSPS) is 23.3. The van der Waals surface area contributed by atoms with Gasteiger partial charge in [0.2, 0.25) is 5.91 Å². The number of hydrogen-bond donors (Lipinski definition) is 1. The van der Waals surface area contributed by atoms with Crippen molar-refractivity contribution < 1.29 is 14.3 Å². The summed E-state index contributed by atoms with van der Waals surface area (Å²) in [5.74, 6) is -0.0235. The number of thiophene rings is 1. The minimum absolute atomic E-state index is 0.0506. The van der Waals surface area contributed by atoms with Gasteiger partial charge in [-0.15, -0.1) is 11.8 Å². The molecule has 1 saturated heterocycles. The van der Waals surface area contributed by atoms with Crippen LogP contribution in [0.2, 0.25) is 0 Å². The number of nitrogens with zero attached hydrogens (tertiary/aromatic N) is 1. The molecule has 0 radical (unpaired) electrons. The lowest BCUT2D eigenvalue weighted by Gasteiger charge is -2.26. The number of carbonyl (C=O) groups is 2. The fourth-order valence-corrected chi connectivity index (χ4v) is 4.21. The maximum atomic E-state index is 12.3. The first kappa shape index (κ1) is 17.3. The van der Waals surface area contributed by atoms with Crippen molar-refractivity contribution in [2.24, 2.45) is 5.73 Å². The topological polar surface area (TPSA) is 72.6 Å². The largest absolute Gasteiger partial charge is 0.459 e. The van der Waals surface area contributed by atoms with E-state index in [9.17, 15) is 9.59 Å². The first-order chi connectivity index (χ1) is 10.3. The molecule has 1 aliphatic rings. The Labute approximate surface area is 139 Å². The number of amides is 1. The molecule has 0 spiro atoms. The van der Waals surface area contributed by atoms with Crippen LogP contribution in [-0.2, 0) is 14.3 Å². The molecular formula is C15H22N2O3S2. The van der Waals surface area contributed by atoms with Crippen LogP contribution < -0.4 is 5.73 Å². The lowest BCUT2D eigenvalue weighted by atomic mass is 10.2. The Morgan fingerprint density at radius 2 is 2.23 bits per heavy atom. The van der Waals surface area contributed by atoms with Gasteiger partial charge < -0.3 is 15.4 Å². The summed E-state index contributed by atoms with van der Waals surface area (Å²) in [5, 5.41) is 4.23. The molecule has 1 fully saturated rings. The molecule has 1 aromatic heterocycles. The smallest absolute Gasteiger partial charge is 0.326 e. The standard InChI is InChI=1S/C15H22N2O3S2/c1-15(2,3)20-13(18)7-17-6-12(10-4-5-21-8-10)22-9-11(16)14(17)19/h4-5,8,11-12H,6-7,9,16H2,1-3H3/t11-,12-/m0/s1. The van der Waals surface area contributed by atoms with Crippen LogP contribution in [0.3, 0.4) is 0 Å². The summed E-state index contributed by atoms with van der Waals surface area (Å²) in [6.07, 6.45) is 0. The van der Waals surface area contributed by atoms with Crippen LogP contribution in [-0.4, -0.2) is 47.3 Å². The number of nitrogens with two attached hydrogens (primary N) is 1. The highest BCUT2D eigenvalue weighted by molar-refractivity contribution is 7.99. The Kier molecular flexibility index (Phi) is 5.52. The maximum absolute atomic E-state index is 12.3. The van der Waals surface area contributed by atoms with Crippen LogP contribution in [0.1, 0.15) is 31.6 Å². The lowest BCUT2D eigenvalue weighted by Crippen LogP contribution is -2.47. The average molecular weight is 342 g/mol. The van der Waals surface area contributed by atoms with E-state index in [4.69, 9.17) is 10.5 Å². The molecule has 2 rings (SSSR count). The van der Waals surface area contributed by atoms with Crippen LogP contribution in [0.5, 0.6) is 0 Å². The van der Waals surface area contributed by atoms with Crippen LogP contribution in [0.25, 0.3) is 0 Å². The van der Waals surface area contributed by atoms with E-state index in [1.807, 2.05) is 26.2 Å². The molecule has 1 amide bonds. The molecule has 5 nitrogen and oxygen atoms in total. The predicted octanol–water partition coefficient (Wildman–Crippen LogP) is 2.03. The third-order valence-corrected chi connectivity index (χ3v) is 5.22. The predicted molar refractivity (Wildman–Crippen MR) is 89.9 cm³/mol. The fourth-order valence-electron chi connectivity index (χ4n) is 2.20. The van der Waals surface area contributed by atoms with Gasteiger partial charge in [0.05, 0.1) is 6.04 Å². The van der Waals surface area contributed by atoms with Gasteiger partial charge in [0.25, 0.3) is 0 Å². The first-order valence-corrected chi connectivity index (χ1v) is 9.15. The van der Waals surface area contributed by atoms with E-state index in [-0.39, 0.29) is 17.7 Å². The van der Waals surface area contributed by atoms with Crippen molar-refractivity contribution in [2.45, 2.75) is 37.7 Å². The minimum atomic E-state index is -0.573. The molecule has 2 atom stereocenters. The lowest BCUT2D eigenvalue weighted by molar-refractivity contribution is -0.159. The molecule has 122 valence electrons. The van der Waals surface area contributed by atoms with Crippen LogP contribution in [0.15, 0.2) is 16.8 Å². The highest BCUT2D eigenvalue weighted by Crippen LogP contribution is 2.33. The molecule has 2 heterocycles. The molecular weight excluding hydrogens is 320 g/mol. The van der Waals surface area contributed by atoms with Crippen molar-refractivity contribution in [1.29, 1.82) is 0 Å². The Morgan fingerprint density at radius 3 is 2.82 bits per heavy atom. The fraction of sp³-hybridized carbons (Fsp3) is 0.600. The average Bonchev–Trinajstić information content (AvgIpc) is 2.88. The molecule has 0 aliphatic carbocycles. The summed E-state index contributed by atoms with van der Waals surface area (Å²) in [6.45, 7) is 5.86. The molecule has 0 aromatic carbocycles. The zero-order valence-electron chi connectivity index (χ0n) is 13.1. The van der Waals surface area contributed by atoms with Crippen molar-refractivity contribution >= 4 is 35.0 Å². The second-order valence-electron chi connectivity index (χ2n) is 6.29. The van der Waals surface area contributed by atoms with E-state index in [1.54, 1.807) is 23.1 Å². The summed E-state index contributed by atoms with van der Waals surface area (Å²) >= 11 is 3.29. The molecule has 0 saturated carbocycles. The van der Waals surface area contributed by atoms with E-state index in [1.165, 1.54) is 10.5 Å². The number of rotatable bonds is 3. The van der Waals surface area contributed by atoms with E-state index in [2.05, 4.69) is 11.4 Å². The molecule has 0 bridgehead atoms. The second-order valence-corrected chi connectivity index (χ2v) is 8.31. The van der Waals surface area contributed by atoms with Crippen molar-refractivity contribution in [3.63, 3.8) is 0 Å². The quantitative estimate of drug-likeness (QED) is 0.851. The number of ether oxygens (including phenoxy) is 1. The zero-order chi connectivity index (χ0) is 16.3. The summed E-state index contributed by atoms with van der Waals surface area (Å²) in [4.78, 5) is 25.9. The van der Waals surface area contributed by atoms with E-state index >= 15 is 0 Å². The van der Waals surface area contributed by atoms with E-state index < -0.39 is 17.6 Å². The van der Waals surface area contributed by atoms with Gasteiger partial charge in [-0.3, -0.25) is 9.59 Å². The number of thioether (sulfide) groups is 1. The highest BCUT2D eigenvalue weighted by atomic mass is 32.2. The van der Waals surface area contributed by atoms with Gasteiger partial charge >= 0.3 is 5.97 Å². The Morgan fingerprint density at radius 1 is 1.50 bits per heavy atom. The first-order valence-electron chi connectivity index (χ1n) is 7.16. The summed E-state index contributed by atoms with van der Waals surface area (Å²) in [6, 6.07) is 1.48. The molecule has 7 heteroatoms. The highest BCUT2D eigenvalue weighted by Gasteiger charge is 2.32. The van der Waals surface area contributed by atoms with Crippen LogP contribution >= 0.6 is 23.1 Å². The molecule has 1 aliphatic heterocycles. The number of hydrogen-bond acceptors (Lipinski definition) is 6. The van der Waals surface area contributed by atoms with Gasteiger partial charge in [0.1, 0.15) is 12.1 Å². The number of esters is 1. The Hall–Kier alpha value is -1.05.